The van der Waals surface area contributed by atoms with E-state index in [1.54, 1.807) is 0 Å². The molecule has 0 fully saturated rings. The molecule has 1 aromatic carbocycles. The minimum atomic E-state index is -4.71. The summed E-state index contributed by atoms with van der Waals surface area (Å²) in [6.07, 6.45) is -4.87. The maximum Gasteiger partial charge on any atom is 0.416 e. The maximum atomic E-state index is 12.8. The fraction of sp³-hybridized carbons (Fsp3) is 0.400. The Hall–Kier alpha value is -1.17. The van der Waals surface area contributed by atoms with Gasteiger partial charge in [-0.2, -0.15) is 13.2 Å². The van der Waals surface area contributed by atoms with E-state index in [0.29, 0.717) is 6.07 Å². The third-order valence-corrected chi connectivity index (χ3v) is 1.99. The summed E-state index contributed by atoms with van der Waals surface area (Å²) in [5.74, 6) is -2.82. The molecule has 1 atom stereocenters. The molecular weight excluding hydrogens is 229 g/mol. The molecule has 0 saturated carbocycles. The number of hydrogen-bond acceptors (Lipinski definition) is 1. The Morgan fingerprint density at radius 2 is 1.69 bits per heavy atom. The van der Waals surface area contributed by atoms with Crippen molar-refractivity contribution in [3.63, 3.8) is 0 Å². The van der Waals surface area contributed by atoms with E-state index in [1.807, 2.05) is 0 Å². The molecule has 0 amide bonds. The van der Waals surface area contributed by atoms with Gasteiger partial charge in [-0.05, 0) is 31.0 Å². The molecule has 0 aliphatic carbocycles. The lowest BCUT2D eigenvalue weighted by atomic mass is 10.0. The van der Waals surface area contributed by atoms with Crippen LogP contribution in [-0.2, 0) is 12.6 Å². The molecule has 90 valence electrons. The normalized spacial score (nSPS) is 13.9. The van der Waals surface area contributed by atoms with E-state index in [0.717, 1.165) is 0 Å². The third kappa shape index (κ3) is 2.91. The minimum Gasteiger partial charge on any atom is -0.328 e. The summed E-state index contributed by atoms with van der Waals surface area (Å²) in [6, 6.07) is 0.139. The summed E-state index contributed by atoms with van der Waals surface area (Å²) >= 11 is 0. The monoisotopic (exact) mass is 239 g/mol. The van der Waals surface area contributed by atoms with Crippen molar-refractivity contribution < 1.29 is 22.0 Å². The molecule has 1 unspecified atom stereocenters. The Bertz CT molecular complexity index is 384. The Balaban J connectivity index is 3.28. The van der Waals surface area contributed by atoms with Crippen molar-refractivity contribution >= 4 is 0 Å². The van der Waals surface area contributed by atoms with Crippen LogP contribution in [0.25, 0.3) is 0 Å². The van der Waals surface area contributed by atoms with E-state index in [2.05, 4.69) is 0 Å². The molecule has 0 radical (unpaired) electrons. The van der Waals surface area contributed by atoms with Gasteiger partial charge in [-0.3, -0.25) is 0 Å². The fourth-order valence-electron chi connectivity index (χ4n) is 1.37. The molecule has 16 heavy (non-hydrogen) atoms. The van der Waals surface area contributed by atoms with Gasteiger partial charge in [0.2, 0.25) is 0 Å². The molecular formula is C10H10F5N. The summed E-state index contributed by atoms with van der Waals surface area (Å²) in [5.41, 5.74) is 3.83. The average molecular weight is 239 g/mol. The molecule has 1 rings (SSSR count). The van der Waals surface area contributed by atoms with Gasteiger partial charge in [0, 0.05) is 6.04 Å². The molecule has 1 nitrogen and oxygen atoms in total. The van der Waals surface area contributed by atoms with E-state index in [9.17, 15) is 22.0 Å². The van der Waals surface area contributed by atoms with Crippen LogP contribution in [0.2, 0.25) is 0 Å². The van der Waals surface area contributed by atoms with E-state index < -0.39 is 29.4 Å². The number of benzene rings is 1. The molecule has 0 spiro atoms. The smallest absolute Gasteiger partial charge is 0.328 e. The number of nitrogens with two attached hydrogens (primary N) is 1. The first kappa shape index (κ1) is 12.9. The molecule has 2 N–H and O–H groups in total. The molecule has 0 aromatic heterocycles. The maximum absolute atomic E-state index is 12.8. The Kier molecular flexibility index (Phi) is 3.52. The number of rotatable bonds is 2. The van der Waals surface area contributed by atoms with Gasteiger partial charge >= 0.3 is 6.18 Å². The van der Waals surface area contributed by atoms with Gasteiger partial charge in [0.05, 0.1) is 5.56 Å². The molecule has 6 heteroatoms. The first-order valence-electron chi connectivity index (χ1n) is 4.52. The van der Waals surface area contributed by atoms with Gasteiger partial charge in [-0.15, -0.1) is 0 Å². The van der Waals surface area contributed by atoms with Crippen LogP contribution in [0.3, 0.4) is 0 Å². The van der Waals surface area contributed by atoms with Crippen LogP contribution in [0.15, 0.2) is 12.1 Å². The second kappa shape index (κ2) is 4.37. The van der Waals surface area contributed by atoms with Gasteiger partial charge in [0.25, 0.3) is 0 Å². The lowest BCUT2D eigenvalue weighted by molar-refractivity contribution is -0.138. The largest absolute Gasteiger partial charge is 0.416 e. The summed E-state index contributed by atoms with van der Waals surface area (Å²) in [5, 5.41) is 0. The van der Waals surface area contributed by atoms with Crippen molar-refractivity contribution in [2.75, 3.05) is 0 Å². The van der Waals surface area contributed by atoms with Crippen molar-refractivity contribution in [3.8, 4) is 0 Å². The Labute approximate surface area is 89.1 Å². The zero-order valence-corrected chi connectivity index (χ0v) is 8.41. The van der Waals surface area contributed by atoms with Crippen LogP contribution in [0, 0.1) is 11.6 Å². The summed E-state index contributed by atoms with van der Waals surface area (Å²) in [7, 11) is 0. The highest BCUT2D eigenvalue weighted by molar-refractivity contribution is 5.32. The van der Waals surface area contributed by atoms with Gasteiger partial charge in [0.1, 0.15) is 0 Å². The molecule has 0 aliphatic heterocycles. The highest BCUT2D eigenvalue weighted by Crippen LogP contribution is 2.33. The molecule has 0 aliphatic rings. The third-order valence-electron chi connectivity index (χ3n) is 1.99. The highest BCUT2D eigenvalue weighted by atomic mass is 19.4. The van der Waals surface area contributed by atoms with Crippen molar-refractivity contribution in [2.24, 2.45) is 5.73 Å². The predicted octanol–water partition coefficient (Wildman–Crippen LogP) is 2.87. The van der Waals surface area contributed by atoms with E-state index in [-0.39, 0.29) is 18.1 Å². The lowest BCUT2D eigenvalue weighted by Gasteiger charge is -2.14. The van der Waals surface area contributed by atoms with Crippen LogP contribution in [0.1, 0.15) is 18.1 Å². The number of hydrogen-bond donors (Lipinski definition) is 1. The van der Waals surface area contributed by atoms with Crippen molar-refractivity contribution in [3.05, 3.63) is 34.9 Å². The quantitative estimate of drug-likeness (QED) is 0.789. The Morgan fingerprint density at radius 1 is 1.19 bits per heavy atom. The Morgan fingerprint density at radius 3 is 2.12 bits per heavy atom. The predicted molar refractivity (Wildman–Crippen MR) is 48.7 cm³/mol. The summed E-state index contributed by atoms with van der Waals surface area (Å²) in [6.45, 7) is 1.49. The van der Waals surface area contributed by atoms with Crippen LogP contribution < -0.4 is 5.73 Å². The van der Waals surface area contributed by atoms with Gasteiger partial charge < -0.3 is 5.73 Å². The van der Waals surface area contributed by atoms with E-state index in [4.69, 9.17) is 5.73 Å². The highest BCUT2D eigenvalue weighted by Gasteiger charge is 2.34. The lowest BCUT2D eigenvalue weighted by Crippen LogP contribution is -2.21. The number of alkyl halides is 3. The molecule has 0 bridgehead atoms. The van der Waals surface area contributed by atoms with Crippen molar-refractivity contribution in [1.29, 1.82) is 0 Å². The van der Waals surface area contributed by atoms with Gasteiger partial charge in [0.15, 0.2) is 11.6 Å². The van der Waals surface area contributed by atoms with Gasteiger partial charge in [-0.1, -0.05) is 0 Å². The van der Waals surface area contributed by atoms with Crippen LogP contribution in [-0.4, -0.2) is 6.04 Å². The zero-order chi connectivity index (χ0) is 12.5. The van der Waals surface area contributed by atoms with E-state index in [1.165, 1.54) is 6.92 Å². The standard InChI is InChI=1S/C10H10F5N/c1-5(16)2-6-3-8(11)9(12)4-7(6)10(13,14)15/h3-5H,2,16H2,1H3. The van der Waals surface area contributed by atoms with Crippen LogP contribution in [0.4, 0.5) is 22.0 Å². The second-order valence-electron chi connectivity index (χ2n) is 3.60. The minimum absolute atomic E-state index is 0.160. The zero-order valence-electron chi connectivity index (χ0n) is 8.41. The van der Waals surface area contributed by atoms with Crippen molar-refractivity contribution in [2.45, 2.75) is 25.6 Å². The van der Waals surface area contributed by atoms with Crippen LogP contribution in [0.5, 0.6) is 0 Å². The number of halogens is 5. The fourth-order valence-corrected chi connectivity index (χ4v) is 1.37. The topological polar surface area (TPSA) is 26.0 Å². The summed E-state index contributed by atoms with van der Waals surface area (Å²) in [4.78, 5) is 0. The van der Waals surface area contributed by atoms with Crippen LogP contribution >= 0.6 is 0 Å². The molecule has 1 aromatic rings. The first-order valence-corrected chi connectivity index (χ1v) is 4.52. The second-order valence-corrected chi connectivity index (χ2v) is 3.60. The summed E-state index contributed by atoms with van der Waals surface area (Å²) < 4.78 is 63.0. The average Bonchev–Trinajstić information content (AvgIpc) is 2.08. The molecule has 0 heterocycles. The van der Waals surface area contributed by atoms with E-state index >= 15 is 0 Å². The van der Waals surface area contributed by atoms with Crippen molar-refractivity contribution in [1.82, 2.24) is 0 Å². The molecule has 0 saturated heterocycles. The van der Waals surface area contributed by atoms with Gasteiger partial charge in [-0.25, -0.2) is 8.78 Å². The first-order chi connectivity index (χ1) is 7.21. The SMILES string of the molecule is CC(N)Cc1cc(F)c(F)cc1C(F)(F)F.